The van der Waals surface area contributed by atoms with E-state index in [0.717, 1.165) is 4.80 Å². The summed E-state index contributed by atoms with van der Waals surface area (Å²) >= 11 is 0. The van der Waals surface area contributed by atoms with Gasteiger partial charge in [0.2, 0.25) is 5.95 Å². The molecule has 2 heterocycles. The number of rotatable bonds is 7. The van der Waals surface area contributed by atoms with Crippen LogP contribution in [0.1, 0.15) is 43.6 Å². The van der Waals surface area contributed by atoms with Crippen LogP contribution in [0.25, 0.3) is 5.69 Å². The summed E-state index contributed by atoms with van der Waals surface area (Å²) < 4.78 is 51.6. The van der Waals surface area contributed by atoms with Crippen molar-refractivity contribution < 1.29 is 22.4 Å². The van der Waals surface area contributed by atoms with Crippen molar-refractivity contribution in [2.45, 2.75) is 39.9 Å². The molecule has 0 fully saturated rings. The van der Waals surface area contributed by atoms with E-state index in [0.29, 0.717) is 18.9 Å². The third-order valence-electron chi connectivity index (χ3n) is 4.49. The van der Waals surface area contributed by atoms with Gasteiger partial charge in [-0.2, -0.15) is 28.2 Å². The van der Waals surface area contributed by atoms with Crippen LogP contribution in [0.15, 0.2) is 43.0 Å². The average Bonchev–Trinajstić information content (AvgIpc) is 3.34. The predicted octanol–water partition coefficient (Wildman–Crippen LogP) is 4.20. The van der Waals surface area contributed by atoms with Gasteiger partial charge in [-0.15, -0.1) is 0 Å². The highest BCUT2D eigenvalue weighted by Crippen LogP contribution is 2.28. The Balaban J connectivity index is 0.00000187. The van der Waals surface area contributed by atoms with Gasteiger partial charge in [-0.25, -0.2) is 14.4 Å². The Labute approximate surface area is 188 Å². The highest BCUT2D eigenvalue weighted by atomic mass is 19.4. The summed E-state index contributed by atoms with van der Waals surface area (Å²) in [6, 6.07) is 3.32. The van der Waals surface area contributed by atoms with Gasteiger partial charge in [0.05, 0.1) is 23.5 Å². The van der Waals surface area contributed by atoms with E-state index in [1.54, 1.807) is 13.8 Å². The number of amides is 1. The van der Waals surface area contributed by atoms with Crippen molar-refractivity contribution in [1.82, 2.24) is 29.9 Å². The number of carbonyl (C=O) groups excluding carboxylic acids is 1. The van der Waals surface area contributed by atoms with Gasteiger partial charge >= 0.3 is 6.18 Å². The second-order valence-corrected chi connectivity index (χ2v) is 6.59. The van der Waals surface area contributed by atoms with E-state index in [1.807, 2.05) is 13.8 Å². The molecular formula is C21H25F4N7O. The minimum atomic E-state index is -4.52. The Hall–Kier alpha value is -3.57. The molecule has 33 heavy (non-hydrogen) atoms. The molecule has 178 valence electrons. The molecule has 0 aliphatic carbocycles. The Morgan fingerprint density at radius 1 is 1.15 bits per heavy atom. The first-order valence-electron chi connectivity index (χ1n) is 10.3. The number of hydrogen-bond acceptors (Lipinski definition) is 6. The van der Waals surface area contributed by atoms with Crippen LogP contribution in [0, 0.1) is 5.82 Å². The van der Waals surface area contributed by atoms with Crippen molar-refractivity contribution >= 4 is 11.9 Å². The fourth-order valence-electron chi connectivity index (χ4n) is 2.92. The van der Waals surface area contributed by atoms with Crippen LogP contribution in [0.5, 0.6) is 0 Å². The number of carbonyl (C=O) groups is 1. The summed E-state index contributed by atoms with van der Waals surface area (Å²) in [6.45, 7) is 8.05. The number of likely N-dealkylation sites (N-methyl/N-ethyl adjacent to an activating group) is 1. The number of nitrogens with one attached hydrogen (secondary N) is 1. The van der Waals surface area contributed by atoms with E-state index < -0.39 is 17.6 Å². The first kappa shape index (κ1) is 25.7. The maximum Gasteiger partial charge on any atom is 0.419 e. The minimum absolute atomic E-state index is 0.00608. The van der Waals surface area contributed by atoms with Gasteiger partial charge in [-0.3, -0.25) is 4.79 Å². The lowest BCUT2D eigenvalue weighted by Gasteiger charge is -2.29. The van der Waals surface area contributed by atoms with Crippen LogP contribution >= 0.6 is 0 Å². The Bertz CT molecular complexity index is 1020. The van der Waals surface area contributed by atoms with Crippen molar-refractivity contribution in [3.63, 3.8) is 0 Å². The number of alkyl halides is 3. The highest BCUT2D eigenvalue weighted by molar-refractivity contribution is 5.98. The summed E-state index contributed by atoms with van der Waals surface area (Å²) in [5, 5.41) is 10.7. The van der Waals surface area contributed by atoms with Crippen molar-refractivity contribution in [3.05, 3.63) is 59.9 Å². The molecule has 1 atom stereocenters. The Morgan fingerprint density at radius 3 is 2.30 bits per heavy atom. The molecule has 0 saturated carbocycles. The van der Waals surface area contributed by atoms with Crippen LogP contribution < -0.4 is 5.32 Å². The molecule has 1 aromatic carbocycles. The lowest BCUT2D eigenvalue weighted by atomic mass is 10.1. The predicted molar refractivity (Wildman–Crippen MR) is 114 cm³/mol. The summed E-state index contributed by atoms with van der Waals surface area (Å²) in [5.41, 5.74) is -0.552. The van der Waals surface area contributed by atoms with Gasteiger partial charge < -0.3 is 10.2 Å². The second kappa shape index (κ2) is 11.3. The highest BCUT2D eigenvalue weighted by Gasteiger charge is 2.31. The van der Waals surface area contributed by atoms with Crippen molar-refractivity contribution in [3.8, 4) is 5.69 Å². The van der Waals surface area contributed by atoms with Gasteiger partial charge in [0.1, 0.15) is 11.5 Å². The van der Waals surface area contributed by atoms with Crippen molar-refractivity contribution in [1.29, 1.82) is 0 Å². The SMILES string of the molecule is CC.CCN(C(=O)c1ccc(F)cc1-n1nccn1)[C@@H](C)CNc1ncc(C(F)(F)F)cn1. The van der Waals surface area contributed by atoms with Gasteiger partial charge in [0, 0.05) is 37.6 Å². The molecule has 3 rings (SSSR count). The minimum Gasteiger partial charge on any atom is -0.352 e. The molecule has 1 N–H and O–H groups in total. The number of anilines is 1. The third-order valence-corrected chi connectivity index (χ3v) is 4.49. The van der Waals surface area contributed by atoms with Gasteiger partial charge in [-0.05, 0) is 26.0 Å². The van der Waals surface area contributed by atoms with Crippen molar-refractivity contribution in [2.75, 3.05) is 18.4 Å². The quantitative estimate of drug-likeness (QED) is 0.524. The molecule has 0 spiro atoms. The molecule has 3 aromatic rings. The maximum atomic E-state index is 13.8. The molecule has 0 bridgehead atoms. The molecule has 8 nitrogen and oxygen atoms in total. The monoisotopic (exact) mass is 467 g/mol. The van der Waals surface area contributed by atoms with E-state index in [2.05, 4.69) is 25.5 Å². The van der Waals surface area contributed by atoms with Gasteiger partial charge in [-0.1, -0.05) is 13.8 Å². The number of hydrogen-bond donors (Lipinski definition) is 1. The first-order valence-corrected chi connectivity index (χ1v) is 10.3. The lowest BCUT2D eigenvalue weighted by Crippen LogP contribution is -2.42. The van der Waals surface area contributed by atoms with Crippen LogP contribution in [0.4, 0.5) is 23.5 Å². The first-order chi connectivity index (χ1) is 15.7. The Kier molecular flexibility index (Phi) is 8.83. The third kappa shape index (κ3) is 6.46. The zero-order valence-corrected chi connectivity index (χ0v) is 18.6. The topological polar surface area (TPSA) is 88.8 Å². The maximum absolute atomic E-state index is 13.8. The van der Waals surface area contributed by atoms with E-state index in [-0.39, 0.29) is 35.7 Å². The molecule has 0 radical (unpaired) electrons. The number of nitrogens with zero attached hydrogens (tertiary/aromatic N) is 6. The lowest BCUT2D eigenvalue weighted by molar-refractivity contribution is -0.138. The summed E-state index contributed by atoms with van der Waals surface area (Å²) in [5.74, 6) is -0.912. The van der Waals surface area contributed by atoms with Crippen LogP contribution in [-0.2, 0) is 6.18 Å². The van der Waals surface area contributed by atoms with E-state index in [4.69, 9.17) is 0 Å². The zero-order chi connectivity index (χ0) is 24.6. The molecular weight excluding hydrogens is 442 g/mol. The molecule has 0 aliphatic rings. The van der Waals surface area contributed by atoms with Gasteiger partial charge in [0.15, 0.2) is 0 Å². The largest absolute Gasteiger partial charge is 0.419 e. The summed E-state index contributed by atoms with van der Waals surface area (Å²) in [4.78, 5) is 23.2. The zero-order valence-electron chi connectivity index (χ0n) is 18.6. The van der Waals surface area contributed by atoms with Crippen LogP contribution in [0.2, 0.25) is 0 Å². The fraction of sp³-hybridized carbons (Fsp3) is 0.381. The summed E-state index contributed by atoms with van der Waals surface area (Å²) in [6.07, 6.45) is -0.330. The molecule has 0 saturated heterocycles. The average molecular weight is 467 g/mol. The van der Waals surface area contributed by atoms with Crippen LogP contribution in [-0.4, -0.2) is 54.9 Å². The number of aromatic nitrogens is 5. The van der Waals surface area contributed by atoms with E-state index >= 15 is 0 Å². The standard InChI is InChI=1S/C19H19F4N7O.C2H6/c1-3-29(12(2)9-24-18-25-10-13(11-26-18)19(21,22)23)17(31)15-5-4-14(20)8-16(15)30-27-6-7-28-30;1-2/h4-8,10-12H,3,9H2,1-2H3,(H,24,25,26);1-2H3/t12-;/m0./s1. The van der Waals surface area contributed by atoms with Gasteiger partial charge in [0.25, 0.3) is 5.91 Å². The fourth-order valence-corrected chi connectivity index (χ4v) is 2.92. The second-order valence-electron chi connectivity index (χ2n) is 6.59. The molecule has 2 aromatic heterocycles. The molecule has 1 amide bonds. The number of benzene rings is 1. The van der Waals surface area contributed by atoms with Crippen molar-refractivity contribution in [2.24, 2.45) is 0 Å². The van der Waals surface area contributed by atoms with E-state index in [9.17, 15) is 22.4 Å². The smallest absolute Gasteiger partial charge is 0.352 e. The summed E-state index contributed by atoms with van der Waals surface area (Å²) in [7, 11) is 0. The number of halogens is 4. The molecule has 12 heteroatoms. The van der Waals surface area contributed by atoms with E-state index in [1.165, 1.54) is 35.5 Å². The normalized spacial score (nSPS) is 11.9. The van der Waals surface area contributed by atoms with Crippen LogP contribution in [0.3, 0.4) is 0 Å². The Morgan fingerprint density at radius 2 is 1.76 bits per heavy atom. The molecule has 0 unspecified atom stereocenters. The molecule has 0 aliphatic heterocycles.